The van der Waals surface area contributed by atoms with Crippen LogP contribution in [0.5, 0.6) is 0 Å². The minimum Gasteiger partial charge on any atom is -1.00 e. The fourth-order valence-electron chi connectivity index (χ4n) is 6.24. The summed E-state index contributed by atoms with van der Waals surface area (Å²) < 4.78 is 1.50. The van der Waals surface area contributed by atoms with Gasteiger partial charge in [0.15, 0.2) is 0 Å². The zero-order valence-corrected chi connectivity index (χ0v) is 28.6. The average Bonchev–Trinajstić information content (AvgIpc) is 3.21. The van der Waals surface area contributed by atoms with Gasteiger partial charge in [0.1, 0.15) is 0 Å². The molecule has 182 valence electrons. The molecule has 0 amide bonds. The molecule has 2 aromatic carbocycles. The number of hydrogen-bond donors (Lipinski definition) is 0. The van der Waals surface area contributed by atoms with Gasteiger partial charge in [-0.3, -0.25) is 0 Å². The van der Waals surface area contributed by atoms with E-state index >= 15 is 0 Å². The first-order valence-electron chi connectivity index (χ1n) is 12.3. The van der Waals surface area contributed by atoms with Crippen molar-refractivity contribution in [3.05, 3.63) is 79.9 Å². The van der Waals surface area contributed by atoms with Crippen molar-refractivity contribution in [2.24, 2.45) is 0 Å². The molecule has 2 aromatic rings. The Morgan fingerprint density at radius 3 is 1.29 bits per heavy atom. The minimum atomic E-state index is -2.19. The average molecular weight is 678 g/mol. The summed E-state index contributed by atoms with van der Waals surface area (Å²) >= 11 is -2.19. The number of benzene rings is 2. The van der Waals surface area contributed by atoms with Crippen LogP contribution in [0.15, 0.2) is 35.4 Å². The van der Waals surface area contributed by atoms with Crippen LogP contribution in [-0.2, 0) is 20.1 Å². The molecule has 0 aromatic heterocycles. The smallest absolute Gasteiger partial charge is 1.00 e. The SMILES string of the molecule is CC1=Cc2c(C(C)C)ccc(C)c2[CH]1[Hf+2]([CH]1C(C)=Cc2c(C(C)C)ccc(C)c21)=[Si](C)C.[Cl-].[Cl-]. The van der Waals surface area contributed by atoms with Gasteiger partial charge < -0.3 is 24.8 Å². The molecule has 0 nitrogen and oxygen atoms in total. The van der Waals surface area contributed by atoms with Crippen LogP contribution in [0.3, 0.4) is 0 Å². The Kier molecular flexibility index (Phi) is 9.93. The van der Waals surface area contributed by atoms with Crippen LogP contribution >= 0.6 is 0 Å². The van der Waals surface area contributed by atoms with Crippen LogP contribution in [0, 0.1) is 13.8 Å². The first kappa shape index (κ1) is 29.8. The van der Waals surface area contributed by atoms with Gasteiger partial charge in [-0.1, -0.05) is 0 Å². The second-order valence-corrected chi connectivity index (χ2v) is 35.9. The number of aryl methyl sites for hydroxylation is 2. The monoisotopic (exact) mass is 678 g/mol. The van der Waals surface area contributed by atoms with Gasteiger partial charge in [-0.2, -0.15) is 0 Å². The topological polar surface area (TPSA) is 0 Å². The number of halogens is 2. The minimum absolute atomic E-state index is 0. The maximum Gasteiger partial charge on any atom is -1.00 e. The molecule has 2 aliphatic rings. The van der Waals surface area contributed by atoms with Crippen LogP contribution in [0.25, 0.3) is 12.2 Å². The molecule has 0 aliphatic heterocycles. The van der Waals surface area contributed by atoms with Crippen molar-refractivity contribution in [2.75, 3.05) is 0 Å². The van der Waals surface area contributed by atoms with E-state index in [4.69, 9.17) is 0 Å². The second-order valence-electron chi connectivity index (χ2n) is 11.0. The van der Waals surface area contributed by atoms with E-state index in [2.05, 4.69) is 105 Å². The fraction of sp³-hybridized carbons (Fsp3) is 0.467. The molecule has 4 heteroatoms. The number of rotatable bonds is 4. The normalized spacial score (nSPS) is 17.9. The van der Waals surface area contributed by atoms with Crippen molar-refractivity contribution in [1.29, 1.82) is 0 Å². The van der Waals surface area contributed by atoms with Gasteiger partial charge in [-0.15, -0.1) is 0 Å². The quantitative estimate of drug-likeness (QED) is 0.437. The molecule has 2 aliphatic carbocycles. The molecule has 0 N–H and O–H groups in total. The van der Waals surface area contributed by atoms with Gasteiger partial charge >= 0.3 is 205 Å². The van der Waals surface area contributed by atoms with Gasteiger partial charge in [0.2, 0.25) is 0 Å². The van der Waals surface area contributed by atoms with E-state index in [-0.39, 0.29) is 30.3 Å². The Balaban J connectivity index is 0.00000204. The van der Waals surface area contributed by atoms with E-state index < -0.39 is 20.1 Å². The van der Waals surface area contributed by atoms with Gasteiger partial charge in [0.05, 0.1) is 0 Å². The molecule has 0 bridgehead atoms. The zero-order chi connectivity index (χ0) is 23.5. The molecule has 0 saturated carbocycles. The Morgan fingerprint density at radius 1 is 0.647 bits per heavy atom. The van der Waals surface area contributed by atoms with E-state index in [1.807, 2.05) is 0 Å². The largest absolute Gasteiger partial charge is 1.00 e. The maximum atomic E-state index is 2.65. The van der Waals surface area contributed by atoms with Gasteiger partial charge in [-0.05, 0) is 0 Å². The van der Waals surface area contributed by atoms with Crippen molar-refractivity contribution in [1.82, 2.24) is 0 Å². The van der Waals surface area contributed by atoms with Crippen molar-refractivity contribution in [3.63, 3.8) is 0 Å². The summed E-state index contributed by atoms with van der Waals surface area (Å²) in [6, 6.07) is 9.63. The van der Waals surface area contributed by atoms with Crippen LogP contribution < -0.4 is 24.8 Å². The van der Waals surface area contributed by atoms with Crippen LogP contribution in [-0.4, -0.2) is 5.49 Å². The van der Waals surface area contributed by atoms with Crippen LogP contribution in [0.1, 0.15) is 105 Å². The summed E-state index contributed by atoms with van der Waals surface area (Å²) in [5.74, 6) is 1.16. The molecule has 0 radical (unpaired) electrons. The van der Waals surface area contributed by atoms with Crippen molar-refractivity contribution in [2.45, 2.75) is 87.7 Å². The number of hydrogen-bond acceptors (Lipinski definition) is 0. The summed E-state index contributed by atoms with van der Waals surface area (Å²) in [5.41, 5.74) is 15.8. The maximum absolute atomic E-state index is 2.65. The molecule has 34 heavy (non-hydrogen) atoms. The summed E-state index contributed by atoms with van der Waals surface area (Å²) in [6.07, 6.45) is 5.17. The van der Waals surface area contributed by atoms with E-state index in [0.717, 1.165) is 7.35 Å². The first-order valence-corrected chi connectivity index (χ1v) is 24.4. The summed E-state index contributed by atoms with van der Waals surface area (Å²) in [6.45, 7) is 24.4. The first-order chi connectivity index (χ1) is 15.0. The van der Waals surface area contributed by atoms with Crippen molar-refractivity contribution >= 4 is 17.6 Å². The summed E-state index contributed by atoms with van der Waals surface area (Å²) in [7, 11) is 0. The Hall–Kier alpha value is -0.413. The number of allylic oxidation sites excluding steroid dienone is 2. The summed E-state index contributed by atoms with van der Waals surface area (Å²) in [5, 5.41) is 0. The third-order valence-corrected chi connectivity index (χ3v) is 35.9. The Bertz CT molecular complexity index is 1110. The van der Waals surface area contributed by atoms with Crippen LogP contribution in [0.2, 0.25) is 13.1 Å². The molecule has 0 heterocycles. The third-order valence-electron chi connectivity index (χ3n) is 7.75. The van der Waals surface area contributed by atoms with E-state index in [1.165, 1.54) is 11.1 Å². The Labute approximate surface area is 228 Å². The standard InChI is InChI=1S/2C14H17.C2H6Si.2ClH.Hf/c2*1-9(2)12-6-5-11(4)13-7-10(3)8-14(12)13;1-3-2;;;/h2*5-9H,1-4H3;1-2H3;2*1H;/q;;;;;+2/p-2. The zero-order valence-electron chi connectivity index (χ0n) is 22.5. The molecular formula is C30H40Cl2HfSi. The fourth-order valence-corrected chi connectivity index (χ4v) is 36.2. The molecular weight excluding hydrogens is 638 g/mol. The van der Waals surface area contributed by atoms with Crippen molar-refractivity contribution in [3.8, 4) is 0 Å². The molecule has 0 saturated heterocycles. The molecule has 0 spiro atoms. The molecule has 0 fully saturated rings. The van der Waals surface area contributed by atoms with Crippen molar-refractivity contribution < 1.29 is 44.9 Å². The second kappa shape index (κ2) is 11.3. The number of fused-ring (bicyclic) bond motifs is 2. The van der Waals surface area contributed by atoms with E-state index in [0.29, 0.717) is 11.8 Å². The van der Waals surface area contributed by atoms with Gasteiger partial charge in [-0.25, -0.2) is 0 Å². The predicted molar refractivity (Wildman–Crippen MR) is 141 cm³/mol. The molecule has 2 atom stereocenters. The third kappa shape index (κ3) is 4.91. The van der Waals surface area contributed by atoms with E-state index in [9.17, 15) is 0 Å². The van der Waals surface area contributed by atoms with Gasteiger partial charge in [0, 0.05) is 0 Å². The predicted octanol–water partition coefficient (Wildman–Crippen LogP) is 3.04. The van der Waals surface area contributed by atoms with Gasteiger partial charge in [0.25, 0.3) is 0 Å². The summed E-state index contributed by atoms with van der Waals surface area (Å²) in [4.78, 5) is 0. The molecule has 2 unspecified atom stereocenters. The van der Waals surface area contributed by atoms with E-state index in [1.54, 1.807) is 44.5 Å². The molecule has 4 rings (SSSR count). The Morgan fingerprint density at radius 2 is 1.00 bits per heavy atom. The van der Waals surface area contributed by atoms with Crippen LogP contribution in [0.4, 0.5) is 0 Å².